The zero-order valence-electron chi connectivity index (χ0n) is 12.0. The number of rotatable bonds is 7. The highest BCUT2D eigenvalue weighted by Gasteiger charge is 2.28. The quantitative estimate of drug-likeness (QED) is 0.675. The van der Waals surface area contributed by atoms with Crippen molar-refractivity contribution in [1.82, 2.24) is 10.2 Å². The van der Waals surface area contributed by atoms with Crippen LogP contribution >= 0.6 is 0 Å². The molecule has 0 aromatic carbocycles. The first kappa shape index (κ1) is 15.4. The molecule has 1 amide bonds. The maximum Gasteiger partial charge on any atom is 0.227 e. The van der Waals surface area contributed by atoms with Crippen LogP contribution in [-0.2, 0) is 4.79 Å². The van der Waals surface area contributed by atoms with Gasteiger partial charge in [0, 0.05) is 13.1 Å². The molecule has 1 saturated heterocycles. The second kappa shape index (κ2) is 7.74. The van der Waals surface area contributed by atoms with Crippen molar-refractivity contribution < 1.29 is 4.79 Å². The van der Waals surface area contributed by atoms with Crippen LogP contribution in [0.25, 0.3) is 0 Å². The Kier molecular flexibility index (Phi) is 6.65. The molecule has 0 aromatic heterocycles. The Balaban J connectivity index is 2.15. The van der Waals surface area contributed by atoms with Crippen molar-refractivity contribution in [2.45, 2.75) is 46.0 Å². The Hall–Kier alpha value is -0.610. The minimum atomic E-state index is -0.398. The van der Waals surface area contributed by atoms with Crippen LogP contribution in [0, 0.1) is 5.41 Å². The SMILES string of the molecule is CCC(C)(CN)C(=O)NCCCN1CCCCC1. The summed E-state index contributed by atoms with van der Waals surface area (Å²) in [6.45, 7) is 8.69. The van der Waals surface area contributed by atoms with Gasteiger partial charge in [-0.3, -0.25) is 4.79 Å². The van der Waals surface area contributed by atoms with Gasteiger partial charge in [-0.05, 0) is 52.2 Å². The largest absolute Gasteiger partial charge is 0.356 e. The van der Waals surface area contributed by atoms with E-state index in [9.17, 15) is 4.79 Å². The third kappa shape index (κ3) is 4.58. The number of nitrogens with one attached hydrogen (secondary N) is 1. The van der Waals surface area contributed by atoms with Gasteiger partial charge in [0.1, 0.15) is 0 Å². The van der Waals surface area contributed by atoms with E-state index in [4.69, 9.17) is 5.73 Å². The van der Waals surface area contributed by atoms with Crippen LogP contribution in [0.4, 0.5) is 0 Å². The van der Waals surface area contributed by atoms with Gasteiger partial charge in [0.05, 0.1) is 5.41 Å². The van der Waals surface area contributed by atoms with Crippen LogP contribution in [0.3, 0.4) is 0 Å². The fourth-order valence-electron chi connectivity index (χ4n) is 2.30. The van der Waals surface area contributed by atoms with Gasteiger partial charge in [-0.25, -0.2) is 0 Å². The van der Waals surface area contributed by atoms with Crippen LogP contribution in [0.2, 0.25) is 0 Å². The summed E-state index contributed by atoms with van der Waals surface area (Å²) in [4.78, 5) is 14.5. The molecule has 3 N–H and O–H groups in total. The Bertz CT molecular complexity index is 245. The van der Waals surface area contributed by atoms with Crippen LogP contribution in [0.5, 0.6) is 0 Å². The zero-order chi connectivity index (χ0) is 13.4. The van der Waals surface area contributed by atoms with Crippen molar-refractivity contribution in [3.05, 3.63) is 0 Å². The van der Waals surface area contributed by atoms with E-state index in [1.807, 2.05) is 13.8 Å². The fraction of sp³-hybridized carbons (Fsp3) is 0.929. The molecule has 106 valence electrons. The van der Waals surface area contributed by atoms with Gasteiger partial charge < -0.3 is 16.0 Å². The van der Waals surface area contributed by atoms with Crippen molar-refractivity contribution in [3.63, 3.8) is 0 Å². The molecule has 0 radical (unpaired) electrons. The molecule has 4 nitrogen and oxygen atoms in total. The third-order valence-corrected chi connectivity index (χ3v) is 4.16. The minimum Gasteiger partial charge on any atom is -0.356 e. The second-order valence-electron chi connectivity index (χ2n) is 5.63. The van der Waals surface area contributed by atoms with E-state index in [0.29, 0.717) is 6.54 Å². The zero-order valence-corrected chi connectivity index (χ0v) is 12.0. The van der Waals surface area contributed by atoms with Crippen molar-refractivity contribution in [3.8, 4) is 0 Å². The predicted octanol–water partition coefficient (Wildman–Crippen LogP) is 1.35. The van der Waals surface area contributed by atoms with Crippen LogP contribution in [0.1, 0.15) is 46.0 Å². The molecular weight excluding hydrogens is 226 g/mol. The van der Waals surface area contributed by atoms with Gasteiger partial charge in [-0.1, -0.05) is 13.3 Å². The maximum atomic E-state index is 12.0. The Morgan fingerprint density at radius 3 is 2.56 bits per heavy atom. The molecule has 0 saturated carbocycles. The number of hydrogen-bond acceptors (Lipinski definition) is 3. The lowest BCUT2D eigenvalue weighted by molar-refractivity contribution is -0.129. The predicted molar refractivity (Wildman–Crippen MR) is 75.4 cm³/mol. The van der Waals surface area contributed by atoms with E-state index in [0.717, 1.165) is 25.9 Å². The van der Waals surface area contributed by atoms with E-state index in [2.05, 4.69) is 10.2 Å². The number of nitrogens with zero attached hydrogens (tertiary/aromatic N) is 1. The van der Waals surface area contributed by atoms with E-state index in [-0.39, 0.29) is 5.91 Å². The summed E-state index contributed by atoms with van der Waals surface area (Å²) in [6.07, 6.45) is 5.86. The highest BCUT2D eigenvalue weighted by atomic mass is 16.2. The molecule has 1 aliphatic heterocycles. The molecule has 4 heteroatoms. The summed E-state index contributed by atoms with van der Waals surface area (Å²) in [6, 6.07) is 0. The summed E-state index contributed by atoms with van der Waals surface area (Å²) in [5, 5.41) is 3.02. The van der Waals surface area contributed by atoms with Crippen LogP contribution in [0.15, 0.2) is 0 Å². The first-order valence-corrected chi connectivity index (χ1v) is 7.33. The first-order chi connectivity index (χ1) is 8.62. The molecule has 1 aliphatic rings. The summed E-state index contributed by atoms with van der Waals surface area (Å²) in [5.74, 6) is 0.103. The molecular formula is C14H29N3O. The van der Waals surface area contributed by atoms with Gasteiger partial charge in [0.25, 0.3) is 0 Å². The second-order valence-corrected chi connectivity index (χ2v) is 5.63. The number of hydrogen-bond donors (Lipinski definition) is 2. The number of likely N-dealkylation sites (tertiary alicyclic amines) is 1. The average molecular weight is 255 g/mol. The van der Waals surface area contributed by atoms with Gasteiger partial charge in [-0.15, -0.1) is 0 Å². The van der Waals surface area contributed by atoms with E-state index in [1.54, 1.807) is 0 Å². The standard InChI is InChI=1S/C14H29N3O/c1-3-14(2,12-15)13(18)16-8-7-11-17-9-5-4-6-10-17/h3-12,15H2,1-2H3,(H,16,18). The lowest BCUT2D eigenvalue weighted by atomic mass is 9.87. The molecule has 0 aromatic rings. The molecule has 1 unspecified atom stereocenters. The van der Waals surface area contributed by atoms with Crippen LogP contribution < -0.4 is 11.1 Å². The van der Waals surface area contributed by atoms with Gasteiger partial charge in [0.2, 0.25) is 5.91 Å². The van der Waals surface area contributed by atoms with Crippen molar-refractivity contribution >= 4 is 5.91 Å². The number of amides is 1. The molecule has 1 atom stereocenters. The molecule has 0 bridgehead atoms. The summed E-state index contributed by atoms with van der Waals surface area (Å²) in [7, 11) is 0. The molecule has 0 aliphatic carbocycles. The third-order valence-electron chi connectivity index (χ3n) is 4.16. The molecule has 0 spiro atoms. The number of nitrogens with two attached hydrogens (primary N) is 1. The fourth-order valence-corrected chi connectivity index (χ4v) is 2.30. The first-order valence-electron chi connectivity index (χ1n) is 7.33. The topological polar surface area (TPSA) is 58.4 Å². The Morgan fingerprint density at radius 2 is 2.00 bits per heavy atom. The number of piperidine rings is 1. The Morgan fingerprint density at radius 1 is 1.33 bits per heavy atom. The summed E-state index contributed by atoms with van der Waals surface area (Å²) in [5.41, 5.74) is 5.27. The van der Waals surface area contributed by atoms with E-state index in [1.165, 1.54) is 32.4 Å². The lowest BCUT2D eigenvalue weighted by Crippen LogP contribution is -2.44. The normalized spacial score (nSPS) is 20.4. The minimum absolute atomic E-state index is 0.103. The van der Waals surface area contributed by atoms with E-state index < -0.39 is 5.41 Å². The smallest absolute Gasteiger partial charge is 0.227 e. The van der Waals surface area contributed by atoms with E-state index >= 15 is 0 Å². The monoisotopic (exact) mass is 255 g/mol. The summed E-state index contributed by atoms with van der Waals surface area (Å²) >= 11 is 0. The van der Waals surface area contributed by atoms with Crippen LogP contribution in [-0.4, -0.2) is 43.5 Å². The molecule has 18 heavy (non-hydrogen) atoms. The van der Waals surface area contributed by atoms with Gasteiger partial charge >= 0.3 is 0 Å². The summed E-state index contributed by atoms with van der Waals surface area (Å²) < 4.78 is 0. The molecule has 1 heterocycles. The molecule has 1 fully saturated rings. The number of carbonyl (C=O) groups is 1. The lowest BCUT2D eigenvalue weighted by Gasteiger charge is -2.27. The number of carbonyl (C=O) groups excluding carboxylic acids is 1. The molecule has 1 rings (SSSR count). The highest BCUT2D eigenvalue weighted by Crippen LogP contribution is 2.18. The van der Waals surface area contributed by atoms with Crippen molar-refractivity contribution in [1.29, 1.82) is 0 Å². The Labute approximate surface area is 111 Å². The van der Waals surface area contributed by atoms with Crippen molar-refractivity contribution in [2.75, 3.05) is 32.7 Å². The van der Waals surface area contributed by atoms with Gasteiger partial charge in [0.15, 0.2) is 0 Å². The maximum absolute atomic E-state index is 12.0. The average Bonchev–Trinajstić information content (AvgIpc) is 2.43. The van der Waals surface area contributed by atoms with Crippen molar-refractivity contribution in [2.24, 2.45) is 11.1 Å². The highest BCUT2D eigenvalue weighted by molar-refractivity contribution is 5.82. The van der Waals surface area contributed by atoms with Gasteiger partial charge in [-0.2, -0.15) is 0 Å².